The van der Waals surface area contributed by atoms with Crippen LogP contribution in [-0.2, 0) is 13.1 Å². The number of nitrogens with zero attached hydrogens (tertiary/aromatic N) is 4. The van der Waals surface area contributed by atoms with E-state index < -0.39 is 0 Å². The minimum Gasteiger partial charge on any atom is -0.315 e. The summed E-state index contributed by atoms with van der Waals surface area (Å²) in [6.45, 7) is 5.47. The fourth-order valence-corrected chi connectivity index (χ4v) is 2.84. The molecule has 5 nitrogen and oxygen atoms in total. The third-order valence-electron chi connectivity index (χ3n) is 3.86. The van der Waals surface area contributed by atoms with Gasteiger partial charge in [-0.2, -0.15) is 0 Å². The van der Waals surface area contributed by atoms with Crippen molar-refractivity contribution in [2.45, 2.75) is 44.8 Å². The Labute approximate surface area is 102 Å². The Bertz CT molecular complexity index is 354. The number of nitrogens with one attached hydrogen (secondary N) is 1. The normalized spacial score (nSPS) is 26.5. The maximum absolute atomic E-state index is 4.17. The van der Waals surface area contributed by atoms with Gasteiger partial charge < -0.3 is 9.88 Å². The van der Waals surface area contributed by atoms with E-state index in [0.29, 0.717) is 6.04 Å². The zero-order chi connectivity index (χ0) is 11.5. The lowest BCUT2D eigenvalue weighted by molar-refractivity contribution is 0.192. The second-order valence-electron chi connectivity index (χ2n) is 5.18. The summed E-state index contributed by atoms with van der Waals surface area (Å²) in [6.07, 6.45) is 7.27. The standard InChI is InChI=1S/C12H21N5/c1-2-4-11(13-5-3-1)8-16-6-7-17-10-14-15-12(17)9-16/h10-11,13H,1-9H2. The molecule has 1 aromatic rings. The van der Waals surface area contributed by atoms with Gasteiger partial charge in [0.05, 0.1) is 6.54 Å². The summed E-state index contributed by atoms with van der Waals surface area (Å²) in [7, 11) is 0. The van der Waals surface area contributed by atoms with Crippen LogP contribution >= 0.6 is 0 Å². The van der Waals surface area contributed by atoms with E-state index in [1.165, 1.54) is 32.2 Å². The molecule has 2 aliphatic heterocycles. The molecule has 0 aliphatic carbocycles. The second-order valence-corrected chi connectivity index (χ2v) is 5.18. The van der Waals surface area contributed by atoms with Gasteiger partial charge in [0.1, 0.15) is 12.2 Å². The van der Waals surface area contributed by atoms with Crippen LogP contribution in [0.5, 0.6) is 0 Å². The molecule has 1 fully saturated rings. The van der Waals surface area contributed by atoms with Gasteiger partial charge >= 0.3 is 0 Å². The molecule has 3 heterocycles. The van der Waals surface area contributed by atoms with Gasteiger partial charge in [0.15, 0.2) is 0 Å². The Morgan fingerprint density at radius 3 is 3.29 bits per heavy atom. The molecule has 3 rings (SSSR count). The third kappa shape index (κ3) is 2.66. The van der Waals surface area contributed by atoms with Crippen LogP contribution in [0.25, 0.3) is 0 Å². The number of aromatic nitrogens is 3. The Kier molecular flexibility index (Phi) is 3.38. The predicted octanol–water partition coefficient (Wildman–Crippen LogP) is 0.626. The molecule has 0 aromatic carbocycles. The van der Waals surface area contributed by atoms with Crippen LogP contribution in [-0.4, -0.2) is 45.3 Å². The molecule has 0 saturated carbocycles. The molecule has 5 heteroatoms. The lowest BCUT2D eigenvalue weighted by Gasteiger charge is -2.30. The molecule has 0 bridgehead atoms. The molecule has 1 N–H and O–H groups in total. The fraction of sp³-hybridized carbons (Fsp3) is 0.833. The van der Waals surface area contributed by atoms with Crippen LogP contribution in [0.2, 0.25) is 0 Å². The van der Waals surface area contributed by atoms with E-state index >= 15 is 0 Å². The van der Waals surface area contributed by atoms with Crippen LogP contribution in [0.1, 0.15) is 31.5 Å². The quantitative estimate of drug-likeness (QED) is 0.816. The first-order valence-corrected chi connectivity index (χ1v) is 6.74. The highest BCUT2D eigenvalue weighted by molar-refractivity contribution is 4.91. The van der Waals surface area contributed by atoms with Crippen molar-refractivity contribution in [2.24, 2.45) is 0 Å². The lowest BCUT2D eigenvalue weighted by Crippen LogP contribution is -2.43. The highest BCUT2D eigenvalue weighted by Gasteiger charge is 2.21. The van der Waals surface area contributed by atoms with Crippen molar-refractivity contribution in [3.05, 3.63) is 12.2 Å². The largest absolute Gasteiger partial charge is 0.315 e. The van der Waals surface area contributed by atoms with Crippen LogP contribution < -0.4 is 5.32 Å². The van der Waals surface area contributed by atoms with E-state index in [2.05, 4.69) is 25.0 Å². The lowest BCUT2D eigenvalue weighted by atomic mass is 10.1. The first-order valence-electron chi connectivity index (χ1n) is 6.74. The van der Waals surface area contributed by atoms with Gasteiger partial charge in [-0.15, -0.1) is 10.2 Å². The van der Waals surface area contributed by atoms with E-state index in [1.54, 1.807) is 0 Å². The fourth-order valence-electron chi connectivity index (χ4n) is 2.84. The topological polar surface area (TPSA) is 46.0 Å². The van der Waals surface area contributed by atoms with E-state index in [1.807, 2.05) is 6.33 Å². The van der Waals surface area contributed by atoms with Crippen LogP contribution in [0.15, 0.2) is 6.33 Å². The number of rotatable bonds is 2. The van der Waals surface area contributed by atoms with Gasteiger partial charge in [-0.05, 0) is 19.4 Å². The van der Waals surface area contributed by atoms with E-state index in [9.17, 15) is 0 Å². The van der Waals surface area contributed by atoms with Crippen molar-refractivity contribution >= 4 is 0 Å². The molecule has 1 saturated heterocycles. The van der Waals surface area contributed by atoms with Crippen LogP contribution in [0, 0.1) is 0 Å². The molecule has 2 aliphatic rings. The smallest absolute Gasteiger partial charge is 0.147 e. The molecule has 17 heavy (non-hydrogen) atoms. The number of hydrogen-bond acceptors (Lipinski definition) is 4. The molecule has 0 spiro atoms. The van der Waals surface area contributed by atoms with Gasteiger partial charge in [0.2, 0.25) is 0 Å². The predicted molar refractivity (Wildman–Crippen MR) is 65.6 cm³/mol. The highest BCUT2D eigenvalue weighted by Crippen LogP contribution is 2.13. The minimum absolute atomic E-state index is 0.673. The summed E-state index contributed by atoms with van der Waals surface area (Å²) in [4.78, 5) is 2.51. The van der Waals surface area contributed by atoms with Gasteiger partial charge in [-0.3, -0.25) is 4.90 Å². The van der Waals surface area contributed by atoms with E-state index in [-0.39, 0.29) is 0 Å². The van der Waals surface area contributed by atoms with Crippen molar-refractivity contribution in [3.8, 4) is 0 Å². The Morgan fingerprint density at radius 2 is 2.29 bits per heavy atom. The zero-order valence-corrected chi connectivity index (χ0v) is 10.3. The maximum atomic E-state index is 4.17. The Balaban J connectivity index is 1.56. The summed E-state index contributed by atoms with van der Waals surface area (Å²) < 4.78 is 2.16. The van der Waals surface area contributed by atoms with Crippen molar-refractivity contribution in [2.75, 3.05) is 19.6 Å². The van der Waals surface area contributed by atoms with Crippen molar-refractivity contribution in [3.63, 3.8) is 0 Å². The van der Waals surface area contributed by atoms with E-state index in [4.69, 9.17) is 0 Å². The van der Waals surface area contributed by atoms with Gasteiger partial charge in [0.25, 0.3) is 0 Å². The van der Waals surface area contributed by atoms with Crippen LogP contribution in [0.4, 0.5) is 0 Å². The molecule has 94 valence electrons. The summed E-state index contributed by atoms with van der Waals surface area (Å²) in [5.41, 5.74) is 0. The van der Waals surface area contributed by atoms with Crippen molar-refractivity contribution in [1.29, 1.82) is 0 Å². The van der Waals surface area contributed by atoms with E-state index in [0.717, 1.165) is 32.0 Å². The number of fused-ring (bicyclic) bond motifs is 1. The maximum Gasteiger partial charge on any atom is 0.147 e. The molecule has 0 amide bonds. The Morgan fingerprint density at radius 1 is 1.29 bits per heavy atom. The zero-order valence-electron chi connectivity index (χ0n) is 10.3. The van der Waals surface area contributed by atoms with Crippen molar-refractivity contribution in [1.82, 2.24) is 25.0 Å². The monoisotopic (exact) mass is 235 g/mol. The number of hydrogen-bond donors (Lipinski definition) is 1. The summed E-state index contributed by atoms with van der Waals surface area (Å²) >= 11 is 0. The second kappa shape index (κ2) is 5.14. The van der Waals surface area contributed by atoms with Gasteiger partial charge in [0, 0.05) is 25.7 Å². The summed E-state index contributed by atoms with van der Waals surface area (Å²) in [6, 6.07) is 0.673. The Hall–Kier alpha value is -0.940. The SMILES string of the molecule is c1nnc2n1CCN(CC1CCCCCN1)C2. The van der Waals surface area contributed by atoms with Gasteiger partial charge in [-0.25, -0.2) is 0 Å². The third-order valence-corrected chi connectivity index (χ3v) is 3.86. The molecular weight excluding hydrogens is 214 g/mol. The summed E-state index contributed by atoms with van der Waals surface area (Å²) in [5.74, 6) is 1.12. The molecule has 1 unspecified atom stereocenters. The first kappa shape index (κ1) is 11.2. The average molecular weight is 235 g/mol. The highest BCUT2D eigenvalue weighted by atomic mass is 15.3. The first-order chi connectivity index (χ1) is 8.42. The molecule has 1 aromatic heterocycles. The summed E-state index contributed by atoms with van der Waals surface area (Å²) in [5, 5.41) is 11.8. The minimum atomic E-state index is 0.673. The van der Waals surface area contributed by atoms with Crippen LogP contribution in [0.3, 0.4) is 0 Å². The molecule has 0 radical (unpaired) electrons. The average Bonchev–Trinajstić information content (AvgIpc) is 2.65. The van der Waals surface area contributed by atoms with Crippen molar-refractivity contribution < 1.29 is 0 Å². The molecular formula is C12H21N5. The van der Waals surface area contributed by atoms with Gasteiger partial charge in [-0.1, -0.05) is 12.8 Å². The molecule has 1 atom stereocenters.